The van der Waals surface area contributed by atoms with Gasteiger partial charge in [-0.25, -0.2) is 0 Å². The molecule has 0 aliphatic carbocycles. The highest BCUT2D eigenvalue weighted by Crippen LogP contribution is 1.92. The van der Waals surface area contributed by atoms with Gasteiger partial charge in [0.25, 0.3) is 0 Å². The van der Waals surface area contributed by atoms with Crippen molar-refractivity contribution in [1.29, 1.82) is 0 Å². The summed E-state index contributed by atoms with van der Waals surface area (Å²) in [4.78, 5) is 0. The molecular weight excluding hydrogens is 186 g/mol. The summed E-state index contributed by atoms with van der Waals surface area (Å²) in [5.41, 5.74) is 5.36. The Bertz CT molecular complexity index is 175. The van der Waals surface area contributed by atoms with Crippen molar-refractivity contribution in [3.63, 3.8) is 0 Å². The van der Waals surface area contributed by atoms with Crippen LogP contribution in [0.3, 0.4) is 0 Å². The fraction of sp³-hybridized carbons (Fsp3) is 0.875. The molecule has 0 amide bonds. The number of amidine groups is 1. The summed E-state index contributed by atoms with van der Waals surface area (Å²) >= 11 is 0. The highest BCUT2D eigenvalue weighted by Gasteiger charge is 2.08. The van der Waals surface area contributed by atoms with Crippen molar-refractivity contribution >= 4 is 5.84 Å². The first-order valence-corrected chi connectivity index (χ1v) is 4.47. The molecule has 0 bridgehead atoms. The number of hydrogen-bond donors (Lipinski definition) is 4. The van der Waals surface area contributed by atoms with Gasteiger partial charge in [-0.3, -0.25) is 0 Å². The maximum atomic E-state index is 9.26. The Morgan fingerprint density at radius 2 is 2.21 bits per heavy atom. The molecule has 6 heteroatoms. The van der Waals surface area contributed by atoms with E-state index in [-0.39, 0.29) is 11.8 Å². The average Bonchev–Trinajstić information content (AvgIpc) is 2.16. The van der Waals surface area contributed by atoms with E-state index in [9.17, 15) is 5.11 Å². The van der Waals surface area contributed by atoms with Crippen molar-refractivity contribution in [3.8, 4) is 0 Å². The SMILES string of the molecule is COCC(O)CNCC(C)C(N)=NO. The van der Waals surface area contributed by atoms with E-state index in [0.717, 1.165) is 0 Å². The minimum Gasteiger partial charge on any atom is -0.409 e. The maximum absolute atomic E-state index is 9.26. The lowest BCUT2D eigenvalue weighted by molar-refractivity contribution is 0.0644. The van der Waals surface area contributed by atoms with E-state index in [4.69, 9.17) is 15.7 Å². The summed E-state index contributed by atoms with van der Waals surface area (Å²) < 4.78 is 4.75. The standard InChI is InChI=1S/C8H19N3O3/c1-6(8(9)11-13)3-10-4-7(12)5-14-2/h6-7,10,12-13H,3-5H2,1-2H3,(H2,9,11). The van der Waals surface area contributed by atoms with Gasteiger partial charge in [0.2, 0.25) is 0 Å². The van der Waals surface area contributed by atoms with Crippen LogP contribution < -0.4 is 11.1 Å². The minimum absolute atomic E-state index is 0.0604. The molecule has 0 saturated carbocycles. The first-order valence-electron chi connectivity index (χ1n) is 4.47. The molecule has 0 aromatic heterocycles. The van der Waals surface area contributed by atoms with Crippen molar-refractivity contribution in [2.45, 2.75) is 13.0 Å². The molecule has 0 radical (unpaired) electrons. The number of aliphatic hydroxyl groups excluding tert-OH is 1. The molecule has 84 valence electrons. The number of nitrogens with zero attached hydrogens (tertiary/aromatic N) is 1. The molecule has 0 aromatic carbocycles. The van der Waals surface area contributed by atoms with Gasteiger partial charge in [-0.05, 0) is 0 Å². The van der Waals surface area contributed by atoms with Gasteiger partial charge in [-0.1, -0.05) is 12.1 Å². The fourth-order valence-electron chi connectivity index (χ4n) is 0.921. The topological polar surface area (TPSA) is 100 Å². The van der Waals surface area contributed by atoms with Gasteiger partial charge in [0.1, 0.15) is 5.84 Å². The van der Waals surface area contributed by atoms with Crippen LogP contribution >= 0.6 is 0 Å². The molecule has 0 heterocycles. The smallest absolute Gasteiger partial charge is 0.143 e. The van der Waals surface area contributed by atoms with Gasteiger partial charge in [0.15, 0.2) is 0 Å². The molecular formula is C8H19N3O3. The second kappa shape index (κ2) is 7.54. The van der Waals surface area contributed by atoms with Crippen LogP contribution in [0.15, 0.2) is 5.16 Å². The van der Waals surface area contributed by atoms with Crippen LogP contribution in [0.5, 0.6) is 0 Å². The van der Waals surface area contributed by atoms with Gasteiger partial charge in [0, 0.05) is 26.1 Å². The number of oxime groups is 1. The molecule has 0 fully saturated rings. The quantitative estimate of drug-likeness (QED) is 0.184. The van der Waals surface area contributed by atoms with Gasteiger partial charge in [-0.15, -0.1) is 0 Å². The van der Waals surface area contributed by atoms with Crippen LogP contribution in [0.1, 0.15) is 6.92 Å². The molecule has 5 N–H and O–H groups in total. The third kappa shape index (κ3) is 5.74. The molecule has 0 saturated heterocycles. The number of rotatable bonds is 7. The lowest BCUT2D eigenvalue weighted by atomic mass is 10.1. The summed E-state index contributed by atoms with van der Waals surface area (Å²) in [6.45, 7) is 3.10. The Balaban J connectivity index is 3.53. The highest BCUT2D eigenvalue weighted by molar-refractivity contribution is 5.82. The van der Waals surface area contributed by atoms with Gasteiger partial charge in [0.05, 0.1) is 12.7 Å². The van der Waals surface area contributed by atoms with E-state index in [2.05, 4.69) is 10.5 Å². The minimum atomic E-state index is -0.528. The summed E-state index contributed by atoms with van der Waals surface area (Å²) in [5.74, 6) is 0.119. The summed E-state index contributed by atoms with van der Waals surface area (Å²) in [7, 11) is 1.53. The first-order chi connectivity index (χ1) is 6.61. The fourth-order valence-corrected chi connectivity index (χ4v) is 0.921. The van der Waals surface area contributed by atoms with E-state index >= 15 is 0 Å². The zero-order valence-electron chi connectivity index (χ0n) is 8.60. The Morgan fingerprint density at radius 1 is 1.57 bits per heavy atom. The van der Waals surface area contributed by atoms with Crippen LogP contribution in [-0.4, -0.2) is 49.1 Å². The Hall–Kier alpha value is -0.850. The highest BCUT2D eigenvalue weighted by atomic mass is 16.5. The largest absolute Gasteiger partial charge is 0.409 e. The predicted molar refractivity (Wildman–Crippen MR) is 53.3 cm³/mol. The van der Waals surface area contributed by atoms with Gasteiger partial charge < -0.3 is 26.1 Å². The van der Waals surface area contributed by atoms with Crippen LogP contribution in [0.4, 0.5) is 0 Å². The number of hydrogen-bond acceptors (Lipinski definition) is 5. The van der Waals surface area contributed by atoms with E-state index in [1.54, 1.807) is 0 Å². The van der Waals surface area contributed by atoms with E-state index < -0.39 is 6.10 Å². The normalized spacial score (nSPS) is 16.6. The Morgan fingerprint density at radius 3 is 2.71 bits per heavy atom. The third-order valence-electron chi connectivity index (χ3n) is 1.81. The predicted octanol–water partition coefficient (Wildman–Crippen LogP) is -1.03. The van der Waals surface area contributed by atoms with E-state index in [1.165, 1.54) is 7.11 Å². The number of aliphatic hydroxyl groups is 1. The second-order valence-corrected chi connectivity index (χ2v) is 3.19. The molecule has 14 heavy (non-hydrogen) atoms. The lowest BCUT2D eigenvalue weighted by Crippen LogP contribution is -2.36. The molecule has 0 aromatic rings. The molecule has 0 aliphatic rings. The van der Waals surface area contributed by atoms with Gasteiger partial charge >= 0.3 is 0 Å². The first kappa shape index (κ1) is 13.2. The van der Waals surface area contributed by atoms with Crippen molar-refractivity contribution < 1.29 is 15.1 Å². The molecule has 0 rings (SSSR count). The Labute approximate surface area is 83.7 Å². The van der Waals surface area contributed by atoms with Crippen molar-refractivity contribution in [2.24, 2.45) is 16.8 Å². The maximum Gasteiger partial charge on any atom is 0.143 e. The second-order valence-electron chi connectivity index (χ2n) is 3.19. The number of nitrogens with one attached hydrogen (secondary N) is 1. The zero-order valence-corrected chi connectivity index (χ0v) is 8.60. The van der Waals surface area contributed by atoms with Crippen LogP contribution in [0, 0.1) is 5.92 Å². The third-order valence-corrected chi connectivity index (χ3v) is 1.81. The van der Waals surface area contributed by atoms with E-state index in [1.807, 2.05) is 6.92 Å². The molecule has 0 spiro atoms. The zero-order chi connectivity index (χ0) is 11.0. The van der Waals surface area contributed by atoms with Crippen LogP contribution in [0.25, 0.3) is 0 Å². The number of ether oxygens (including phenoxy) is 1. The van der Waals surface area contributed by atoms with Crippen molar-refractivity contribution in [1.82, 2.24) is 5.32 Å². The van der Waals surface area contributed by atoms with Crippen LogP contribution in [-0.2, 0) is 4.74 Å². The number of nitrogens with two attached hydrogens (primary N) is 1. The monoisotopic (exact) mass is 205 g/mol. The van der Waals surface area contributed by atoms with Crippen molar-refractivity contribution in [3.05, 3.63) is 0 Å². The summed E-state index contributed by atoms with van der Waals surface area (Å²) in [6.07, 6.45) is -0.528. The molecule has 2 atom stereocenters. The Kier molecular flexibility index (Phi) is 7.09. The molecule has 2 unspecified atom stereocenters. The summed E-state index contributed by atoms with van der Waals surface area (Å²) in [6, 6.07) is 0. The van der Waals surface area contributed by atoms with E-state index in [0.29, 0.717) is 19.7 Å². The number of methoxy groups -OCH3 is 1. The molecule has 0 aliphatic heterocycles. The van der Waals surface area contributed by atoms with Crippen molar-refractivity contribution in [2.75, 3.05) is 26.8 Å². The van der Waals surface area contributed by atoms with Crippen LogP contribution in [0.2, 0.25) is 0 Å². The average molecular weight is 205 g/mol. The van der Waals surface area contributed by atoms with Gasteiger partial charge in [-0.2, -0.15) is 0 Å². The lowest BCUT2D eigenvalue weighted by Gasteiger charge is -2.13. The molecule has 6 nitrogen and oxygen atoms in total. The summed E-state index contributed by atoms with van der Waals surface area (Å²) in [5, 5.41) is 23.5.